The number of amides is 10. The van der Waals surface area contributed by atoms with E-state index in [0.717, 1.165) is 0 Å². The lowest BCUT2D eigenvalue weighted by Gasteiger charge is -2.26. The highest BCUT2D eigenvalue weighted by Crippen LogP contribution is 2.14. The molecule has 0 saturated carbocycles. The third-order valence-corrected chi connectivity index (χ3v) is 13.1. The third-order valence-electron chi connectivity index (χ3n) is 12.5. The molecule has 25 heteroatoms. The van der Waals surface area contributed by atoms with Gasteiger partial charge < -0.3 is 69.5 Å². The largest absolute Gasteiger partial charge is 0.508 e. The van der Waals surface area contributed by atoms with E-state index in [1.54, 1.807) is 81.4 Å². The van der Waals surface area contributed by atoms with Gasteiger partial charge in [-0.3, -0.25) is 47.9 Å². The monoisotopic (exact) mass is 1120 g/mol. The van der Waals surface area contributed by atoms with Crippen LogP contribution in [0, 0.1) is 11.8 Å². The molecule has 0 aromatic heterocycles. The quantitative estimate of drug-likeness (QED) is 0.0335. The lowest BCUT2D eigenvalue weighted by Crippen LogP contribution is -2.58. The normalized spacial score (nSPS) is 14.0. The second-order valence-corrected chi connectivity index (χ2v) is 20.1. The van der Waals surface area contributed by atoms with Gasteiger partial charge in [0.2, 0.25) is 59.1 Å². The molecule has 0 unspecified atom stereocenters. The van der Waals surface area contributed by atoms with Crippen molar-refractivity contribution in [3.05, 3.63) is 102 Å². The minimum atomic E-state index is -1.45. The third kappa shape index (κ3) is 24.0. The Balaban J connectivity index is 1.67. The number of benzene rings is 3. The fraction of sp³-hybridized carbons (Fsp3) is 0.463. The maximum Gasteiger partial charge on any atom is 0.326 e. The maximum atomic E-state index is 13.9. The van der Waals surface area contributed by atoms with Crippen LogP contribution in [0.5, 0.6) is 5.75 Å². The number of phenols is 1. The number of carboxylic acid groups (broad SMARTS) is 1. The van der Waals surface area contributed by atoms with Crippen molar-refractivity contribution in [2.45, 2.75) is 115 Å². The summed E-state index contributed by atoms with van der Waals surface area (Å²) >= 11 is 1.51. The molecule has 0 aliphatic heterocycles. The number of rotatable bonds is 34. The van der Waals surface area contributed by atoms with Gasteiger partial charge in [0, 0.05) is 25.7 Å². The molecule has 0 bridgehead atoms. The minimum absolute atomic E-state index is 0.0299. The summed E-state index contributed by atoms with van der Waals surface area (Å²) in [5.74, 6) is -9.54. The standard InChI is InChI=1S/C54H75N11O13S/c1-6-32(4)47(65-48(71)37(55)23-24-79-5)53(76)59-28-43(68)60-38(21-22-42(56)67)50(73)62-39(25-33-13-9-7-10-14-33)49(72)57-30-45(70)64-46(31(2)3)52(75)58-29-44(69)61-40(26-34-15-11-8-12-16-34)51(74)63-41(54(77)78)27-35-17-19-36(66)20-18-35/h7-20,31-32,37-41,46-47,66H,6,21-30,55H2,1-5H3,(H2,56,67)(H,57,72)(H,58,75)(H,59,76)(H,60,68)(H,61,69)(H,62,73)(H,63,74)(H,64,70)(H,65,71)(H,77,78)/t32-,37-,38-,39-,40-,41-,46-,47-/m0/s1. The molecule has 10 amide bonds. The van der Waals surface area contributed by atoms with Crippen LogP contribution in [0.1, 0.15) is 70.1 Å². The summed E-state index contributed by atoms with van der Waals surface area (Å²) in [7, 11) is 0. The van der Waals surface area contributed by atoms with E-state index in [9.17, 15) is 63.0 Å². The predicted molar refractivity (Wildman–Crippen MR) is 294 cm³/mol. The van der Waals surface area contributed by atoms with Crippen LogP contribution in [0.4, 0.5) is 0 Å². The Morgan fingerprint density at radius 3 is 1.46 bits per heavy atom. The highest BCUT2D eigenvalue weighted by Gasteiger charge is 2.32. The van der Waals surface area contributed by atoms with Gasteiger partial charge in [-0.15, -0.1) is 0 Å². The molecule has 0 radical (unpaired) electrons. The first-order chi connectivity index (χ1) is 37.5. The summed E-state index contributed by atoms with van der Waals surface area (Å²) in [5.41, 5.74) is 13.1. The van der Waals surface area contributed by atoms with Crippen molar-refractivity contribution in [2.24, 2.45) is 23.3 Å². The maximum absolute atomic E-state index is 13.9. The number of phenolic OH excluding ortho intramolecular Hbond substituents is 1. The molecule has 0 aliphatic carbocycles. The number of carboxylic acids is 1. The lowest BCUT2D eigenvalue weighted by molar-refractivity contribution is -0.142. The van der Waals surface area contributed by atoms with Crippen molar-refractivity contribution in [2.75, 3.05) is 31.6 Å². The first-order valence-corrected chi connectivity index (χ1v) is 27.1. The molecule has 24 nitrogen and oxygen atoms in total. The molecular weight excluding hydrogens is 1040 g/mol. The van der Waals surface area contributed by atoms with Gasteiger partial charge in [0.05, 0.1) is 25.7 Å². The average molecular weight is 1120 g/mol. The Morgan fingerprint density at radius 2 is 0.962 bits per heavy atom. The van der Waals surface area contributed by atoms with Crippen molar-refractivity contribution >= 4 is 76.8 Å². The van der Waals surface area contributed by atoms with E-state index in [1.165, 1.54) is 36.0 Å². The van der Waals surface area contributed by atoms with E-state index in [4.69, 9.17) is 11.5 Å². The van der Waals surface area contributed by atoms with Crippen LogP contribution < -0.4 is 59.3 Å². The number of hydrogen-bond donors (Lipinski definition) is 13. The van der Waals surface area contributed by atoms with E-state index >= 15 is 0 Å². The van der Waals surface area contributed by atoms with Gasteiger partial charge >= 0.3 is 5.97 Å². The number of carbonyl (C=O) groups is 11. The van der Waals surface area contributed by atoms with Crippen molar-refractivity contribution in [3.8, 4) is 5.75 Å². The molecular formula is C54H75N11O13S. The highest BCUT2D eigenvalue weighted by molar-refractivity contribution is 7.98. The van der Waals surface area contributed by atoms with Crippen molar-refractivity contribution in [1.82, 2.24) is 47.9 Å². The topological polar surface area (TPSA) is 389 Å². The van der Waals surface area contributed by atoms with Crippen molar-refractivity contribution in [1.29, 1.82) is 0 Å². The molecule has 430 valence electrons. The average Bonchev–Trinajstić information content (AvgIpc) is 3.42. The number of thioether (sulfide) groups is 1. The molecule has 0 fully saturated rings. The summed E-state index contributed by atoms with van der Waals surface area (Å²) in [6.45, 7) is 4.80. The first kappa shape index (κ1) is 65.2. The molecule has 3 aromatic carbocycles. The van der Waals surface area contributed by atoms with Crippen molar-refractivity contribution in [3.63, 3.8) is 0 Å². The number of nitrogens with two attached hydrogens (primary N) is 2. The molecule has 0 saturated heterocycles. The Bertz CT molecular complexity index is 2540. The van der Waals surface area contributed by atoms with Crippen LogP contribution in [0.3, 0.4) is 0 Å². The van der Waals surface area contributed by atoms with Crippen LogP contribution in [0.15, 0.2) is 84.9 Å². The smallest absolute Gasteiger partial charge is 0.326 e. The number of aliphatic carboxylic acids is 1. The predicted octanol–water partition coefficient (Wildman–Crippen LogP) is -1.19. The molecule has 0 heterocycles. The number of hydrogen-bond acceptors (Lipinski definition) is 14. The fourth-order valence-electron chi connectivity index (χ4n) is 7.72. The molecule has 0 aliphatic rings. The number of primary amides is 1. The van der Waals surface area contributed by atoms with E-state index in [1.807, 2.05) is 13.2 Å². The Morgan fingerprint density at radius 1 is 0.519 bits per heavy atom. The molecule has 15 N–H and O–H groups in total. The molecule has 0 spiro atoms. The van der Waals surface area contributed by atoms with Gasteiger partial charge in [-0.25, -0.2) is 4.79 Å². The number of aromatic hydroxyl groups is 1. The van der Waals surface area contributed by atoms with Crippen LogP contribution in [0.25, 0.3) is 0 Å². The van der Waals surface area contributed by atoms with Gasteiger partial charge in [0.1, 0.15) is 42.0 Å². The summed E-state index contributed by atoms with van der Waals surface area (Å²) in [4.78, 5) is 145. The molecule has 79 heavy (non-hydrogen) atoms. The zero-order valence-electron chi connectivity index (χ0n) is 45.0. The van der Waals surface area contributed by atoms with Gasteiger partial charge in [-0.1, -0.05) is 107 Å². The zero-order valence-corrected chi connectivity index (χ0v) is 45.8. The zero-order chi connectivity index (χ0) is 58.6. The first-order valence-electron chi connectivity index (χ1n) is 25.7. The molecule has 8 atom stereocenters. The molecule has 3 rings (SSSR count). The number of carbonyl (C=O) groups excluding carboxylic acids is 10. The van der Waals surface area contributed by atoms with Crippen LogP contribution in [-0.4, -0.2) is 149 Å². The second-order valence-electron chi connectivity index (χ2n) is 19.2. The summed E-state index contributed by atoms with van der Waals surface area (Å²) in [6, 6.07) is 14.2. The summed E-state index contributed by atoms with van der Waals surface area (Å²) in [6.07, 6.45) is 1.79. The van der Waals surface area contributed by atoms with E-state index < -0.39 is 133 Å². The second kappa shape index (κ2) is 34.0. The van der Waals surface area contributed by atoms with Gasteiger partial charge in [-0.05, 0) is 65.5 Å². The lowest BCUT2D eigenvalue weighted by atomic mass is 9.97. The van der Waals surface area contributed by atoms with Crippen LogP contribution >= 0.6 is 11.8 Å². The number of nitrogens with one attached hydrogen (secondary N) is 9. The van der Waals surface area contributed by atoms with Gasteiger partial charge in [-0.2, -0.15) is 11.8 Å². The van der Waals surface area contributed by atoms with Gasteiger partial charge in [0.25, 0.3) is 0 Å². The van der Waals surface area contributed by atoms with Crippen LogP contribution in [-0.2, 0) is 72.0 Å². The van der Waals surface area contributed by atoms with E-state index in [-0.39, 0.29) is 43.8 Å². The highest BCUT2D eigenvalue weighted by atomic mass is 32.2. The Hall–Kier alpha value is -8.06. The minimum Gasteiger partial charge on any atom is -0.508 e. The van der Waals surface area contributed by atoms with Crippen LogP contribution in [0.2, 0.25) is 0 Å². The summed E-state index contributed by atoms with van der Waals surface area (Å²) in [5, 5.41) is 42.2. The Kier molecular flexibility index (Phi) is 28.0. The fourth-order valence-corrected chi connectivity index (χ4v) is 8.21. The van der Waals surface area contributed by atoms with E-state index in [2.05, 4.69) is 47.9 Å². The van der Waals surface area contributed by atoms with E-state index in [0.29, 0.717) is 35.3 Å². The molecule has 3 aromatic rings. The summed E-state index contributed by atoms with van der Waals surface area (Å²) < 4.78 is 0. The SMILES string of the molecule is CC[C@H](C)[C@H](NC(=O)[C@@H](N)CCSC)C(=O)NCC(=O)N[C@@H](CCC(N)=O)C(=O)N[C@@H](Cc1ccccc1)C(=O)NCC(=O)N[C@H](C(=O)NCC(=O)N[C@@H](Cc1ccccc1)C(=O)N[C@@H](Cc1ccc(O)cc1)C(=O)O)C(C)C. The van der Waals surface area contributed by atoms with Crippen molar-refractivity contribution < 1.29 is 63.0 Å². The Labute approximate surface area is 463 Å². The van der Waals surface area contributed by atoms with Gasteiger partial charge in [0.15, 0.2) is 0 Å².